The topological polar surface area (TPSA) is 72.8 Å². The quantitative estimate of drug-likeness (QED) is 0.489. The highest BCUT2D eigenvalue weighted by Gasteiger charge is 2.61. The maximum absolute atomic E-state index is 13.0. The predicted molar refractivity (Wildman–Crippen MR) is 52.2 cm³/mol. The Morgan fingerprint density at radius 3 is 1.84 bits per heavy atom. The van der Waals surface area contributed by atoms with Gasteiger partial charge in [-0.3, -0.25) is 9.35 Å². The van der Waals surface area contributed by atoms with Gasteiger partial charge in [-0.05, 0) is 20.8 Å². The number of alkyl halides is 5. The zero-order valence-electron chi connectivity index (χ0n) is 9.96. The standard InChI is InChI=1S/C8H11F5O5S/c1-6(2,3)5(14)17-4(7(9,10)11)8(12,13)18-19(15)16/h4H,1-3H3,(H,15,16). The molecule has 2 atom stereocenters. The van der Waals surface area contributed by atoms with Crippen LogP contribution in [0.15, 0.2) is 0 Å². The van der Waals surface area contributed by atoms with E-state index in [0.717, 1.165) is 20.8 Å². The first-order valence-corrected chi connectivity index (χ1v) is 5.67. The molecule has 5 nitrogen and oxygen atoms in total. The molecule has 0 amide bonds. The maximum Gasteiger partial charge on any atom is 0.434 e. The van der Waals surface area contributed by atoms with Crippen LogP contribution in [0.2, 0.25) is 0 Å². The number of ether oxygens (including phenoxy) is 1. The van der Waals surface area contributed by atoms with Gasteiger partial charge >= 0.3 is 29.6 Å². The third-order valence-electron chi connectivity index (χ3n) is 1.62. The number of carbonyl (C=O) groups excluding carboxylic acids is 1. The van der Waals surface area contributed by atoms with Crippen molar-refractivity contribution in [1.29, 1.82) is 0 Å². The summed E-state index contributed by atoms with van der Waals surface area (Å²) in [5, 5.41) is 0. The summed E-state index contributed by atoms with van der Waals surface area (Å²) in [6.45, 7) is 3.43. The van der Waals surface area contributed by atoms with E-state index >= 15 is 0 Å². The van der Waals surface area contributed by atoms with Crippen LogP contribution in [-0.4, -0.2) is 33.1 Å². The summed E-state index contributed by atoms with van der Waals surface area (Å²) < 4.78 is 87.9. The highest BCUT2D eigenvalue weighted by atomic mass is 32.2. The van der Waals surface area contributed by atoms with Gasteiger partial charge in [0.2, 0.25) is 0 Å². The molecule has 0 aliphatic carbocycles. The molecule has 0 bridgehead atoms. The van der Waals surface area contributed by atoms with Gasteiger partial charge in [0.1, 0.15) is 0 Å². The molecule has 0 rings (SSSR count). The van der Waals surface area contributed by atoms with Crippen molar-refractivity contribution in [3.63, 3.8) is 0 Å². The Hall–Kier alpha value is -0.810. The first kappa shape index (κ1) is 18.2. The summed E-state index contributed by atoms with van der Waals surface area (Å²) >= 11 is -3.67. The van der Waals surface area contributed by atoms with Crippen molar-refractivity contribution < 1.29 is 44.4 Å². The lowest BCUT2D eigenvalue weighted by Crippen LogP contribution is -2.51. The lowest BCUT2D eigenvalue weighted by atomic mass is 9.97. The van der Waals surface area contributed by atoms with Crippen LogP contribution < -0.4 is 0 Å². The maximum atomic E-state index is 13.0. The summed E-state index contributed by atoms with van der Waals surface area (Å²) in [6.07, 6.45) is -14.9. The van der Waals surface area contributed by atoms with Gasteiger partial charge in [-0.15, -0.1) is 0 Å². The predicted octanol–water partition coefficient (Wildman–Crippen LogP) is 2.25. The SMILES string of the molecule is CC(C)(C)C(=O)OC(C(F)(F)F)C(F)(F)OS(=O)O. The van der Waals surface area contributed by atoms with Crippen LogP contribution in [0, 0.1) is 5.41 Å². The Bertz CT molecular complexity index is 362. The lowest BCUT2D eigenvalue weighted by Gasteiger charge is -2.28. The fraction of sp³-hybridized carbons (Fsp3) is 0.875. The fourth-order valence-electron chi connectivity index (χ4n) is 0.749. The van der Waals surface area contributed by atoms with Crippen LogP contribution in [0.25, 0.3) is 0 Å². The summed E-state index contributed by atoms with van der Waals surface area (Å²) in [7, 11) is 0. The van der Waals surface area contributed by atoms with Gasteiger partial charge in [0, 0.05) is 0 Å². The van der Waals surface area contributed by atoms with Crippen molar-refractivity contribution in [2.75, 3.05) is 0 Å². The van der Waals surface area contributed by atoms with E-state index in [1.165, 1.54) is 0 Å². The third kappa shape index (κ3) is 5.78. The van der Waals surface area contributed by atoms with Gasteiger partial charge in [-0.2, -0.15) is 30.3 Å². The molecule has 2 unspecified atom stereocenters. The van der Waals surface area contributed by atoms with Crippen LogP contribution in [0.5, 0.6) is 0 Å². The van der Waals surface area contributed by atoms with E-state index < -0.39 is 41.1 Å². The molecule has 0 heterocycles. The van der Waals surface area contributed by atoms with Gasteiger partial charge in [-0.25, -0.2) is 0 Å². The van der Waals surface area contributed by atoms with Crippen molar-refractivity contribution in [3.8, 4) is 0 Å². The molecule has 0 saturated heterocycles. The van der Waals surface area contributed by atoms with Crippen molar-refractivity contribution in [2.45, 2.75) is 39.2 Å². The van der Waals surface area contributed by atoms with E-state index in [0.29, 0.717) is 0 Å². The molecule has 0 aliphatic heterocycles. The zero-order chi connectivity index (χ0) is 15.6. The highest BCUT2D eigenvalue weighted by Crippen LogP contribution is 2.37. The van der Waals surface area contributed by atoms with Gasteiger partial charge < -0.3 is 4.74 Å². The normalized spacial score (nSPS) is 16.9. The molecule has 1 N–H and O–H groups in total. The van der Waals surface area contributed by atoms with Gasteiger partial charge in [0.25, 0.3) is 6.10 Å². The van der Waals surface area contributed by atoms with Crippen molar-refractivity contribution in [2.24, 2.45) is 5.41 Å². The molecule has 0 fully saturated rings. The molecule has 114 valence electrons. The minimum absolute atomic E-state index is 1.14. The summed E-state index contributed by atoms with van der Waals surface area (Å²) in [6, 6.07) is 0. The van der Waals surface area contributed by atoms with E-state index in [1.807, 2.05) is 0 Å². The molecule has 0 aromatic carbocycles. The van der Waals surface area contributed by atoms with Crippen molar-refractivity contribution >= 4 is 17.3 Å². The minimum atomic E-state index is -5.68. The van der Waals surface area contributed by atoms with E-state index in [1.54, 1.807) is 0 Å². The number of hydrogen-bond acceptors (Lipinski definition) is 4. The second kappa shape index (κ2) is 5.67. The fourth-order valence-corrected chi connectivity index (χ4v) is 1.03. The first-order valence-electron chi connectivity index (χ1n) is 4.64. The van der Waals surface area contributed by atoms with E-state index in [-0.39, 0.29) is 0 Å². The van der Waals surface area contributed by atoms with Gasteiger partial charge in [-0.1, -0.05) is 0 Å². The lowest BCUT2D eigenvalue weighted by molar-refractivity contribution is -0.330. The van der Waals surface area contributed by atoms with E-state index in [4.69, 9.17) is 4.55 Å². The number of esters is 1. The molecule has 0 aliphatic rings. The molecule has 0 saturated carbocycles. The van der Waals surface area contributed by atoms with Gasteiger partial charge in [0.05, 0.1) is 5.41 Å². The monoisotopic (exact) mass is 314 g/mol. The zero-order valence-corrected chi connectivity index (χ0v) is 10.8. The average molecular weight is 314 g/mol. The van der Waals surface area contributed by atoms with Crippen molar-refractivity contribution in [1.82, 2.24) is 0 Å². The molecule has 11 heteroatoms. The first-order chi connectivity index (χ1) is 8.18. The summed E-state index contributed by atoms with van der Waals surface area (Å²) in [5.74, 6) is -1.57. The highest BCUT2D eigenvalue weighted by molar-refractivity contribution is 7.74. The average Bonchev–Trinajstić information content (AvgIpc) is 2.07. The van der Waals surface area contributed by atoms with Crippen LogP contribution in [0.3, 0.4) is 0 Å². The second-order valence-corrected chi connectivity index (χ2v) is 5.04. The molecule has 0 aromatic heterocycles. The second-order valence-electron chi connectivity index (χ2n) is 4.44. The number of hydrogen-bond donors (Lipinski definition) is 1. The molecule has 19 heavy (non-hydrogen) atoms. The Morgan fingerprint density at radius 2 is 1.58 bits per heavy atom. The van der Waals surface area contributed by atoms with Crippen LogP contribution in [0.4, 0.5) is 22.0 Å². The van der Waals surface area contributed by atoms with Crippen LogP contribution in [0.1, 0.15) is 20.8 Å². The van der Waals surface area contributed by atoms with Gasteiger partial charge in [0.15, 0.2) is 0 Å². The van der Waals surface area contributed by atoms with E-state index in [9.17, 15) is 31.0 Å². The molecule has 0 radical (unpaired) electrons. The number of carbonyl (C=O) groups is 1. The Labute approximate surface area is 107 Å². The minimum Gasteiger partial charge on any atom is -0.443 e. The van der Waals surface area contributed by atoms with Crippen LogP contribution >= 0.6 is 0 Å². The Balaban J connectivity index is 5.26. The summed E-state index contributed by atoms with van der Waals surface area (Å²) in [5.41, 5.74) is -1.47. The third-order valence-corrected chi connectivity index (χ3v) is 1.99. The Morgan fingerprint density at radius 1 is 1.16 bits per heavy atom. The number of halogens is 5. The smallest absolute Gasteiger partial charge is 0.434 e. The number of rotatable bonds is 4. The van der Waals surface area contributed by atoms with Crippen LogP contribution in [-0.2, 0) is 25.1 Å². The molecule has 0 spiro atoms. The van der Waals surface area contributed by atoms with E-state index in [2.05, 4.69) is 8.92 Å². The largest absolute Gasteiger partial charge is 0.443 e. The molecular formula is C8H11F5O5S. The molecular weight excluding hydrogens is 303 g/mol. The molecule has 0 aromatic rings. The summed E-state index contributed by atoms with van der Waals surface area (Å²) in [4.78, 5) is 11.2. The Kier molecular flexibility index (Phi) is 5.43. The van der Waals surface area contributed by atoms with Crippen molar-refractivity contribution in [3.05, 3.63) is 0 Å².